The third-order valence-corrected chi connectivity index (χ3v) is 7.54. The molecule has 2 aliphatic rings. The molecule has 0 saturated carbocycles. The number of aliphatic imine (C=N–C) groups is 1. The van der Waals surface area contributed by atoms with Gasteiger partial charge in [0.05, 0.1) is 12.3 Å². The van der Waals surface area contributed by atoms with Crippen LogP contribution in [-0.4, -0.2) is 75.2 Å². The number of aromatic nitrogens is 1. The molecule has 1 aromatic carbocycles. The Morgan fingerprint density at radius 2 is 1.84 bits per heavy atom. The number of para-hydroxylation sites is 1. The van der Waals surface area contributed by atoms with Gasteiger partial charge in [-0.3, -0.25) is 4.99 Å². The lowest BCUT2D eigenvalue weighted by molar-refractivity contribution is 0.384. The summed E-state index contributed by atoms with van der Waals surface area (Å²) in [5.74, 6) is 1.66. The molecule has 0 unspecified atom stereocenters. The van der Waals surface area contributed by atoms with Crippen LogP contribution in [0.2, 0.25) is 0 Å². The van der Waals surface area contributed by atoms with Crippen molar-refractivity contribution >= 4 is 27.5 Å². The van der Waals surface area contributed by atoms with Gasteiger partial charge >= 0.3 is 0 Å². The summed E-state index contributed by atoms with van der Waals surface area (Å²) >= 11 is 0. The highest BCUT2D eigenvalue weighted by atomic mass is 32.2. The number of piperazine rings is 1. The van der Waals surface area contributed by atoms with Crippen LogP contribution in [0.15, 0.2) is 53.7 Å². The van der Waals surface area contributed by atoms with Gasteiger partial charge in [0.2, 0.25) is 10.0 Å². The highest BCUT2D eigenvalue weighted by Gasteiger charge is 2.27. The van der Waals surface area contributed by atoms with Gasteiger partial charge in [-0.25, -0.2) is 13.4 Å². The number of hydrogen-bond donors (Lipinski definition) is 1. The molecule has 1 saturated heterocycles. The summed E-state index contributed by atoms with van der Waals surface area (Å²) in [6.07, 6.45) is 2.73. The number of fused-ring (bicyclic) bond motifs is 1. The van der Waals surface area contributed by atoms with Gasteiger partial charge in [0.25, 0.3) is 0 Å². The van der Waals surface area contributed by atoms with E-state index in [-0.39, 0.29) is 12.3 Å². The Balaban J connectivity index is 1.36. The number of pyridine rings is 1. The van der Waals surface area contributed by atoms with Crippen molar-refractivity contribution in [2.75, 3.05) is 61.4 Å². The first-order valence-corrected chi connectivity index (χ1v) is 12.5. The fourth-order valence-corrected chi connectivity index (χ4v) is 5.39. The zero-order chi connectivity index (χ0) is 21.7. The minimum absolute atomic E-state index is 0.0148. The van der Waals surface area contributed by atoms with Gasteiger partial charge < -0.3 is 15.1 Å². The van der Waals surface area contributed by atoms with Gasteiger partial charge in [0.15, 0.2) is 5.96 Å². The van der Waals surface area contributed by atoms with E-state index in [4.69, 9.17) is 0 Å². The SMILES string of the molecule is CCNC(=NCCS(=O)(=O)N1CCN(c2ccccn2)CC1)N1CCc2ccccc21. The van der Waals surface area contributed by atoms with Crippen molar-refractivity contribution in [3.63, 3.8) is 0 Å². The maximum atomic E-state index is 12.9. The number of hydrogen-bond acceptors (Lipinski definition) is 5. The van der Waals surface area contributed by atoms with E-state index in [0.29, 0.717) is 26.2 Å². The van der Waals surface area contributed by atoms with Gasteiger partial charge in [-0.05, 0) is 37.1 Å². The van der Waals surface area contributed by atoms with Crippen LogP contribution in [-0.2, 0) is 16.4 Å². The monoisotopic (exact) mass is 442 g/mol. The van der Waals surface area contributed by atoms with Crippen molar-refractivity contribution in [3.8, 4) is 0 Å². The standard InChI is InChI=1S/C22H30N6O2S/c1-2-23-22(28-13-10-19-7-3-4-8-20(19)28)25-12-18-31(29,30)27-16-14-26(15-17-27)21-9-5-6-11-24-21/h3-9,11H,2,10,12-18H2,1H3,(H,23,25). The Bertz CT molecular complexity index is 1000. The van der Waals surface area contributed by atoms with Crippen molar-refractivity contribution in [2.45, 2.75) is 13.3 Å². The van der Waals surface area contributed by atoms with Crippen molar-refractivity contribution in [1.82, 2.24) is 14.6 Å². The molecular weight excluding hydrogens is 412 g/mol. The molecule has 0 spiro atoms. The van der Waals surface area contributed by atoms with Crippen LogP contribution in [0.1, 0.15) is 12.5 Å². The molecule has 0 atom stereocenters. The smallest absolute Gasteiger partial charge is 0.216 e. The summed E-state index contributed by atoms with van der Waals surface area (Å²) in [5, 5.41) is 3.31. The molecule has 0 aliphatic carbocycles. The van der Waals surface area contributed by atoms with Gasteiger partial charge in [-0.1, -0.05) is 24.3 Å². The zero-order valence-electron chi connectivity index (χ0n) is 17.9. The summed E-state index contributed by atoms with van der Waals surface area (Å²) in [6.45, 7) is 6.09. The number of nitrogens with zero attached hydrogens (tertiary/aromatic N) is 5. The van der Waals surface area contributed by atoms with Gasteiger partial charge in [0, 0.05) is 51.2 Å². The Kier molecular flexibility index (Phi) is 6.72. The van der Waals surface area contributed by atoms with Crippen LogP contribution >= 0.6 is 0 Å². The first-order chi connectivity index (χ1) is 15.1. The average molecular weight is 443 g/mol. The van der Waals surface area contributed by atoms with Crippen molar-refractivity contribution in [2.24, 2.45) is 4.99 Å². The zero-order valence-corrected chi connectivity index (χ0v) is 18.8. The quantitative estimate of drug-likeness (QED) is 0.540. The summed E-state index contributed by atoms with van der Waals surface area (Å²) < 4.78 is 27.3. The van der Waals surface area contributed by atoms with Crippen LogP contribution in [0, 0.1) is 0 Å². The molecule has 8 nitrogen and oxygen atoms in total. The van der Waals surface area contributed by atoms with Crippen LogP contribution in [0.3, 0.4) is 0 Å². The molecule has 2 aliphatic heterocycles. The molecule has 0 bridgehead atoms. The molecule has 1 N–H and O–H groups in total. The van der Waals surface area contributed by atoms with E-state index in [1.165, 1.54) is 5.56 Å². The molecule has 0 radical (unpaired) electrons. The average Bonchev–Trinajstić information content (AvgIpc) is 3.23. The predicted molar refractivity (Wildman–Crippen MR) is 125 cm³/mol. The fourth-order valence-electron chi connectivity index (χ4n) is 4.09. The summed E-state index contributed by atoms with van der Waals surface area (Å²) in [4.78, 5) is 13.3. The molecule has 166 valence electrons. The Hall–Kier alpha value is -2.65. The minimum atomic E-state index is -3.35. The predicted octanol–water partition coefficient (Wildman–Crippen LogP) is 1.56. The molecule has 0 amide bonds. The van der Waals surface area contributed by atoms with Gasteiger partial charge in [-0.2, -0.15) is 4.31 Å². The van der Waals surface area contributed by atoms with E-state index in [2.05, 4.69) is 37.2 Å². The van der Waals surface area contributed by atoms with Crippen molar-refractivity contribution < 1.29 is 8.42 Å². The molecule has 31 heavy (non-hydrogen) atoms. The Labute approximate surface area is 184 Å². The second kappa shape index (κ2) is 9.65. The molecule has 9 heteroatoms. The summed E-state index contributed by atoms with van der Waals surface area (Å²) in [5.41, 5.74) is 2.45. The van der Waals surface area contributed by atoms with E-state index in [1.54, 1.807) is 10.5 Å². The molecular formula is C22H30N6O2S. The van der Waals surface area contributed by atoms with Crippen LogP contribution < -0.4 is 15.1 Å². The van der Waals surface area contributed by atoms with Crippen LogP contribution in [0.4, 0.5) is 11.5 Å². The lowest BCUT2D eigenvalue weighted by Crippen LogP contribution is -2.49. The van der Waals surface area contributed by atoms with E-state index in [9.17, 15) is 8.42 Å². The van der Waals surface area contributed by atoms with Crippen LogP contribution in [0.5, 0.6) is 0 Å². The largest absolute Gasteiger partial charge is 0.356 e. The number of benzene rings is 1. The van der Waals surface area contributed by atoms with Gasteiger partial charge in [-0.15, -0.1) is 0 Å². The maximum Gasteiger partial charge on any atom is 0.216 e. The summed E-state index contributed by atoms with van der Waals surface area (Å²) in [6, 6.07) is 14.1. The molecule has 1 aromatic heterocycles. The lowest BCUT2D eigenvalue weighted by Gasteiger charge is -2.34. The van der Waals surface area contributed by atoms with Crippen molar-refractivity contribution in [3.05, 3.63) is 54.2 Å². The highest BCUT2D eigenvalue weighted by molar-refractivity contribution is 7.89. The normalized spacial score (nSPS) is 17.6. The number of guanidine groups is 1. The first-order valence-electron chi connectivity index (χ1n) is 10.9. The highest BCUT2D eigenvalue weighted by Crippen LogP contribution is 2.27. The fraction of sp³-hybridized carbons (Fsp3) is 0.455. The van der Waals surface area contributed by atoms with Gasteiger partial charge in [0.1, 0.15) is 5.82 Å². The topological polar surface area (TPSA) is 81.1 Å². The van der Waals surface area contributed by atoms with E-state index in [1.807, 2.05) is 37.3 Å². The third kappa shape index (κ3) is 4.99. The minimum Gasteiger partial charge on any atom is -0.356 e. The van der Waals surface area contributed by atoms with E-state index < -0.39 is 10.0 Å². The van der Waals surface area contributed by atoms with E-state index >= 15 is 0 Å². The van der Waals surface area contributed by atoms with E-state index in [0.717, 1.165) is 37.0 Å². The number of nitrogens with one attached hydrogen (secondary N) is 1. The Morgan fingerprint density at radius 3 is 2.58 bits per heavy atom. The maximum absolute atomic E-state index is 12.9. The number of sulfonamides is 1. The molecule has 3 heterocycles. The third-order valence-electron chi connectivity index (χ3n) is 5.69. The lowest BCUT2D eigenvalue weighted by atomic mass is 10.2. The first kappa shape index (κ1) is 21.6. The summed E-state index contributed by atoms with van der Waals surface area (Å²) in [7, 11) is -3.35. The number of anilines is 2. The van der Waals surface area contributed by atoms with Crippen molar-refractivity contribution in [1.29, 1.82) is 0 Å². The molecule has 4 rings (SSSR count). The molecule has 2 aromatic rings. The second-order valence-electron chi connectivity index (χ2n) is 7.66. The number of rotatable bonds is 6. The Morgan fingerprint density at radius 1 is 1.06 bits per heavy atom. The molecule has 1 fully saturated rings. The second-order valence-corrected chi connectivity index (χ2v) is 9.74. The van der Waals surface area contributed by atoms with Crippen LogP contribution in [0.25, 0.3) is 0 Å².